The normalized spacial score (nSPS) is 20.2. The van der Waals surface area contributed by atoms with E-state index in [2.05, 4.69) is 20.2 Å². The molecule has 1 spiro atoms. The highest BCUT2D eigenvalue weighted by atomic mass is 35.5. The zero-order valence-electron chi connectivity index (χ0n) is 21.6. The van der Waals surface area contributed by atoms with Crippen molar-refractivity contribution in [3.05, 3.63) is 98.8 Å². The van der Waals surface area contributed by atoms with Crippen molar-refractivity contribution in [3.8, 4) is 11.3 Å². The topological polar surface area (TPSA) is 165 Å². The van der Waals surface area contributed by atoms with Crippen LogP contribution in [-0.2, 0) is 14.3 Å². The number of anilines is 1. The minimum absolute atomic E-state index is 0.0256. The Hall–Kier alpha value is -4.49. The first kappa shape index (κ1) is 28.6. The van der Waals surface area contributed by atoms with Crippen LogP contribution in [0.25, 0.3) is 11.3 Å². The van der Waals surface area contributed by atoms with E-state index in [0.717, 1.165) is 5.56 Å². The molecule has 1 fully saturated rings. The number of aromatic nitrogens is 2. The largest absolute Gasteiger partial charge is 0.481 e. The highest BCUT2D eigenvalue weighted by Gasteiger charge is 2.71. The second-order valence-corrected chi connectivity index (χ2v) is 11.2. The average molecular weight is 637 g/mol. The zero-order chi connectivity index (χ0) is 30.5. The number of fused-ring (bicyclic) bond motifs is 1. The number of hydrogen-bond acceptors (Lipinski definition) is 9. The number of urea groups is 1. The summed E-state index contributed by atoms with van der Waals surface area (Å²) in [6, 6.07) is 15.6. The van der Waals surface area contributed by atoms with Gasteiger partial charge in [-0.15, -0.1) is 5.10 Å². The van der Waals surface area contributed by atoms with Crippen LogP contribution in [0.3, 0.4) is 0 Å². The van der Waals surface area contributed by atoms with E-state index in [4.69, 9.17) is 27.9 Å². The molecule has 3 atom stereocenters. The number of aliphatic carboxylic acids is 1. The second kappa shape index (κ2) is 11.0. The van der Waals surface area contributed by atoms with Crippen molar-refractivity contribution in [2.24, 2.45) is 11.8 Å². The molecule has 1 saturated heterocycles. The molecule has 0 saturated carbocycles. The fourth-order valence-corrected chi connectivity index (χ4v) is 6.27. The van der Waals surface area contributed by atoms with E-state index < -0.39 is 53.0 Å². The number of carbonyl (C=O) groups excluding carboxylic acids is 4. The van der Waals surface area contributed by atoms with Gasteiger partial charge in [-0.25, -0.2) is 4.79 Å². The van der Waals surface area contributed by atoms with Gasteiger partial charge in [-0.1, -0.05) is 70.2 Å². The van der Waals surface area contributed by atoms with Gasteiger partial charge in [-0.05, 0) is 41.4 Å². The molecule has 1 aliphatic heterocycles. The molecule has 216 valence electrons. The summed E-state index contributed by atoms with van der Waals surface area (Å²) in [5.74, 6) is -8.19. The first-order valence-electron chi connectivity index (χ1n) is 12.7. The molecule has 11 nitrogen and oxygen atoms in total. The van der Waals surface area contributed by atoms with Crippen molar-refractivity contribution in [2.75, 3.05) is 5.32 Å². The molecule has 4 aromatic rings. The summed E-state index contributed by atoms with van der Waals surface area (Å²) in [7, 11) is 0. The molecule has 2 heterocycles. The summed E-state index contributed by atoms with van der Waals surface area (Å²) >= 11 is 13.5. The molecular weight excluding hydrogens is 619 g/mol. The molecule has 0 bridgehead atoms. The maximum Gasteiger partial charge on any atom is 0.325 e. The SMILES string of the molecule is O=C(NC(=O)[C@H]1[C@@H](C(=O)O)C2(O[C@H]1c1ccc(Cl)c(Cl)c1)C(=O)c1ccccc1C2=O)Nc1ccc(-c2csnn2)cc1. The van der Waals surface area contributed by atoms with E-state index >= 15 is 0 Å². The quantitative estimate of drug-likeness (QED) is 0.254. The molecule has 3 aromatic carbocycles. The maximum absolute atomic E-state index is 13.7. The van der Waals surface area contributed by atoms with Crippen molar-refractivity contribution in [1.82, 2.24) is 14.9 Å². The Kier molecular flexibility index (Phi) is 7.30. The van der Waals surface area contributed by atoms with Gasteiger partial charge in [0.05, 0.1) is 22.1 Å². The fourth-order valence-electron chi connectivity index (χ4n) is 5.50. The molecular formula is C29H18Cl2N4O7S. The number of amides is 3. The molecule has 6 rings (SSSR count). The molecule has 3 amide bonds. The number of Topliss-reactive ketones (excluding diaryl/α,β-unsaturated/α-hetero) is 2. The summed E-state index contributed by atoms with van der Waals surface area (Å²) in [6.07, 6.45) is -1.46. The van der Waals surface area contributed by atoms with Crippen molar-refractivity contribution < 1.29 is 33.8 Å². The van der Waals surface area contributed by atoms with Gasteiger partial charge >= 0.3 is 12.0 Å². The summed E-state index contributed by atoms with van der Waals surface area (Å²) < 4.78 is 9.88. The lowest BCUT2D eigenvalue weighted by atomic mass is 9.75. The monoisotopic (exact) mass is 636 g/mol. The van der Waals surface area contributed by atoms with Gasteiger partial charge < -0.3 is 15.2 Å². The van der Waals surface area contributed by atoms with E-state index in [1.54, 1.807) is 29.6 Å². The first-order chi connectivity index (χ1) is 20.6. The van der Waals surface area contributed by atoms with Crippen LogP contribution in [0.4, 0.5) is 10.5 Å². The number of imide groups is 1. The Morgan fingerprint density at radius 2 is 1.60 bits per heavy atom. The van der Waals surface area contributed by atoms with Gasteiger partial charge in [0.2, 0.25) is 23.1 Å². The lowest BCUT2D eigenvalue weighted by molar-refractivity contribution is -0.148. The molecule has 0 unspecified atom stereocenters. The second-order valence-electron chi connectivity index (χ2n) is 9.80. The molecule has 14 heteroatoms. The third-order valence-electron chi connectivity index (χ3n) is 7.40. The Morgan fingerprint density at radius 1 is 0.930 bits per heavy atom. The maximum atomic E-state index is 13.7. The molecule has 2 aliphatic rings. The minimum Gasteiger partial charge on any atom is -0.481 e. The van der Waals surface area contributed by atoms with Crippen molar-refractivity contribution in [1.29, 1.82) is 0 Å². The van der Waals surface area contributed by atoms with Gasteiger partial charge in [0.15, 0.2) is 0 Å². The Bertz CT molecular complexity index is 1780. The van der Waals surface area contributed by atoms with Gasteiger partial charge in [0.1, 0.15) is 11.6 Å². The first-order valence-corrected chi connectivity index (χ1v) is 14.2. The molecule has 1 aliphatic carbocycles. The number of benzene rings is 3. The van der Waals surface area contributed by atoms with Crippen molar-refractivity contribution in [3.63, 3.8) is 0 Å². The number of hydrogen-bond donors (Lipinski definition) is 3. The third-order valence-corrected chi connectivity index (χ3v) is 8.65. The van der Waals surface area contributed by atoms with Crippen LogP contribution in [0.1, 0.15) is 32.4 Å². The average Bonchev–Trinajstić information content (AvgIpc) is 3.70. The number of ether oxygens (including phenoxy) is 1. The number of nitrogens with zero attached hydrogens (tertiary/aromatic N) is 2. The lowest BCUT2D eigenvalue weighted by Gasteiger charge is -2.25. The van der Waals surface area contributed by atoms with Gasteiger partial charge in [-0.3, -0.25) is 24.5 Å². The number of carbonyl (C=O) groups is 5. The standard InChI is InChI=1S/C29H18Cl2N4O7S/c30-18-10-7-14(11-19(18)31)23-21(22(27(39)40)29(42-23)24(36)16-3-1-2-4-17(16)25(29)37)26(38)33-28(41)32-15-8-5-13(6-9-15)20-12-43-35-34-20/h1-12,21-23H,(H,39,40)(H2,32,33,38,41)/t21-,22-,23-/m0/s1. The highest BCUT2D eigenvalue weighted by molar-refractivity contribution is 7.03. The smallest absolute Gasteiger partial charge is 0.325 e. The number of rotatable bonds is 5. The molecule has 1 aromatic heterocycles. The number of ketones is 2. The highest BCUT2D eigenvalue weighted by Crippen LogP contribution is 2.54. The molecule has 43 heavy (non-hydrogen) atoms. The van der Waals surface area contributed by atoms with Crippen LogP contribution >= 0.6 is 34.7 Å². The third kappa shape index (κ3) is 4.78. The Balaban J connectivity index is 1.33. The zero-order valence-corrected chi connectivity index (χ0v) is 23.9. The predicted octanol–water partition coefficient (Wildman–Crippen LogP) is 5.07. The van der Waals surface area contributed by atoms with E-state index in [1.807, 2.05) is 0 Å². The summed E-state index contributed by atoms with van der Waals surface area (Å²) in [5.41, 5.74) is -0.692. The number of halogens is 2. The van der Waals surface area contributed by atoms with Crippen LogP contribution in [0.2, 0.25) is 10.0 Å². The Labute approximate surface area is 256 Å². The summed E-state index contributed by atoms with van der Waals surface area (Å²) in [5, 5.41) is 21.0. The van der Waals surface area contributed by atoms with Crippen LogP contribution < -0.4 is 10.6 Å². The van der Waals surface area contributed by atoms with Crippen LogP contribution in [0.15, 0.2) is 72.1 Å². The molecule has 3 N–H and O–H groups in total. The fraction of sp³-hybridized carbons (Fsp3) is 0.138. The number of carboxylic acid groups (broad SMARTS) is 1. The summed E-state index contributed by atoms with van der Waals surface area (Å²) in [4.78, 5) is 66.9. The minimum atomic E-state index is -2.55. The summed E-state index contributed by atoms with van der Waals surface area (Å²) in [6.45, 7) is 0. The molecule has 0 radical (unpaired) electrons. The lowest BCUT2D eigenvalue weighted by Crippen LogP contribution is -2.53. The van der Waals surface area contributed by atoms with Crippen molar-refractivity contribution >= 4 is 69.9 Å². The van der Waals surface area contributed by atoms with E-state index in [9.17, 15) is 29.1 Å². The van der Waals surface area contributed by atoms with E-state index in [1.165, 1.54) is 54.0 Å². The van der Waals surface area contributed by atoms with Crippen LogP contribution in [0, 0.1) is 11.8 Å². The van der Waals surface area contributed by atoms with E-state index in [-0.39, 0.29) is 26.7 Å². The predicted molar refractivity (Wildman–Crippen MR) is 155 cm³/mol. The van der Waals surface area contributed by atoms with Crippen LogP contribution in [0.5, 0.6) is 0 Å². The van der Waals surface area contributed by atoms with Crippen molar-refractivity contribution in [2.45, 2.75) is 11.7 Å². The van der Waals surface area contributed by atoms with Gasteiger partial charge in [0.25, 0.3) is 0 Å². The number of carboxylic acids is 1. The number of nitrogens with one attached hydrogen (secondary N) is 2. The van der Waals surface area contributed by atoms with Gasteiger partial charge in [-0.2, -0.15) is 0 Å². The van der Waals surface area contributed by atoms with Gasteiger partial charge in [0, 0.05) is 27.8 Å². The Morgan fingerprint density at radius 3 is 2.19 bits per heavy atom. The van der Waals surface area contributed by atoms with E-state index in [0.29, 0.717) is 11.4 Å². The van der Waals surface area contributed by atoms with Crippen LogP contribution in [-0.4, -0.2) is 49.8 Å².